The van der Waals surface area contributed by atoms with Crippen molar-refractivity contribution in [1.82, 2.24) is 0 Å². The largest absolute Gasteiger partial charge is 0.493 e. The summed E-state index contributed by atoms with van der Waals surface area (Å²) in [6.45, 7) is 1.34. The lowest BCUT2D eigenvalue weighted by atomic mass is 10.1. The third-order valence-electron chi connectivity index (χ3n) is 2.33. The summed E-state index contributed by atoms with van der Waals surface area (Å²) in [6.07, 6.45) is 0. The van der Waals surface area contributed by atoms with Gasteiger partial charge in [-0.2, -0.15) is 0 Å². The zero-order chi connectivity index (χ0) is 11.7. The van der Waals surface area contributed by atoms with Gasteiger partial charge in [0.05, 0.1) is 7.11 Å². The minimum absolute atomic E-state index is 0.0736. The van der Waals surface area contributed by atoms with Gasteiger partial charge in [0.1, 0.15) is 5.56 Å². The summed E-state index contributed by atoms with van der Waals surface area (Å²) in [5.74, 6) is 0.435. The molecule has 0 aromatic heterocycles. The van der Waals surface area contributed by atoms with Crippen LogP contribution < -0.4 is 10.4 Å². The van der Waals surface area contributed by atoms with Gasteiger partial charge < -0.3 is 9.15 Å². The van der Waals surface area contributed by atoms with E-state index in [1.54, 1.807) is 24.3 Å². The molecule has 0 radical (unpaired) electrons. The third kappa shape index (κ3) is 1.48. The Hall–Kier alpha value is -2.10. The van der Waals surface area contributed by atoms with Gasteiger partial charge in [-0.05, 0) is 13.0 Å². The van der Waals surface area contributed by atoms with Crippen LogP contribution in [-0.2, 0) is 0 Å². The second kappa shape index (κ2) is 3.81. The van der Waals surface area contributed by atoms with E-state index in [1.807, 2.05) is 0 Å². The zero-order valence-electron chi connectivity index (χ0n) is 8.94. The molecule has 0 amide bonds. The number of methoxy groups -OCH3 is 1. The lowest BCUT2D eigenvalue weighted by Crippen LogP contribution is -2.06. The smallest absolute Gasteiger partial charge is 0.348 e. The minimum Gasteiger partial charge on any atom is -0.493 e. The molecule has 82 valence electrons. The van der Waals surface area contributed by atoms with Crippen LogP contribution >= 0.6 is 0 Å². The number of Topliss-reactive ketones (excluding diaryl/α,β-unsaturated/α-hetero) is 1. The first-order valence-electron chi connectivity index (χ1n) is 4.76. The topological polar surface area (TPSA) is 56.5 Å². The van der Waals surface area contributed by atoms with Crippen LogP contribution in [0.5, 0.6) is 5.75 Å². The van der Waals surface area contributed by atoms with Crippen LogP contribution in [0.2, 0.25) is 0 Å². The third-order valence-corrected chi connectivity index (χ3v) is 2.33. The molecule has 0 aromatic carbocycles. The molecule has 0 saturated carbocycles. The Kier molecular flexibility index (Phi) is 2.48. The molecule has 0 spiro atoms. The molecule has 16 heavy (non-hydrogen) atoms. The predicted molar refractivity (Wildman–Crippen MR) is 58.2 cm³/mol. The molecule has 0 saturated heterocycles. The molecule has 0 unspecified atom stereocenters. The average Bonchev–Trinajstić information content (AvgIpc) is 2.43. The summed E-state index contributed by atoms with van der Waals surface area (Å²) >= 11 is 0. The number of furan rings is 1. The number of ketones is 1. The Labute approximate surface area is 91.8 Å². The molecule has 1 heterocycles. The van der Waals surface area contributed by atoms with Gasteiger partial charge in [0.25, 0.3) is 0 Å². The number of ether oxygens (including phenoxy) is 1. The average molecular weight is 218 g/mol. The summed E-state index contributed by atoms with van der Waals surface area (Å²) in [4.78, 5) is 22.8. The maximum Gasteiger partial charge on any atom is 0.348 e. The van der Waals surface area contributed by atoms with E-state index in [1.165, 1.54) is 14.0 Å². The van der Waals surface area contributed by atoms with E-state index in [4.69, 9.17) is 9.15 Å². The van der Waals surface area contributed by atoms with Crippen LogP contribution in [0.15, 0.2) is 33.5 Å². The molecule has 1 aliphatic carbocycles. The molecule has 0 N–H and O–H groups in total. The first-order chi connectivity index (χ1) is 7.65. The van der Waals surface area contributed by atoms with Crippen molar-refractivity contribution in [2.75, 3.05) is 7.11 Å². The number of hydrogen-bond acceptors (Lipinski definition) is 4. The van der Waals surface area contributed by atoms with Crippen LogP contribution in [0.1, 0.15) is 17.3 Å². The molecule has 2 aliphatic rings. The van der Waals surface area contributed by atoms with E-state index in [2.05, 4.69) is 0 Å². The fourth-order valence-corrected chi connectivity index (χ4v) is 1.63. The van der Waals surface area contributed by atoms with Gasteiger partial charge in [0.2, 0.25) is 0 Å². The fourth-order valence-electron chi connectivity index (χ4n) is 1.63. The highest BCUT2D eigenvalue weighted by Crippen LogP contribution is 2.32. The molecular weight excluding hydrogens is 208 g/mol. The first kappa shape index (κ1) is 10.4. The Morgan fingerprint density at radius 1 is 1.31 bits per heavy atom. The molecule has 0 bridgehead atoms. The van der Waals surface area contributed by atoms with E-state index < -0.39 is 5.63 Å². The Morgan fingerprint density at radius 3 is 2.62 bits per heavy atom. The van der Waals surface area contributed by atoms with Crippen molar-refractivity contribution in [3.05, 3.63) is 40.2 Å². The maximum absolute atomic E-state index is 11.5. The Bertz CT molecular complexity index is 568. The van der Waals surface area contributed by atoms with Crippen molar-refractivity contribution >= 4 is 5.78 Å². The zero-order valence-corrected chi connectivity index (χ0v) is 8.94. The van der Waals surface area contributed by atoms with Crippen LogP contribution in [0.4, 0.5) is 0 Å². The predicted octanol–water partition coefficient (Wildman–Crippen LogP) is 1.96. The normalized spacial score (nSPS) is 10.4. The van der Waals surface area contributed by atoms with E-state index in [9.17, 15) is 9.59 Å². The number of hydrogen-bond donors (Lipinski definition) is 0. The minimum atomic E-state index is -0.619. The van der Waals surface area contributed by atoms with Gasteiger partial charge in [-0.25, -0.2) is 4.79 Å². The van der Waals surface area contributed by atoms with Crippen molar-refractivity contribution in [3.8, 4) is 17.1 Å². The lowest BCUT2D eigenvalue weighted by molar-refractivity contribution is 0.101. The molecule has 4 nitrogen and oxygen atoms in total. The van der Waals surface area contributed by atoms with Crippen molar-refractivity contribution in [2.24, 2.45) is 0 Å². The number of rotatable bonds is 2. The van der Waals surface area contributed by atoms with E-state index >= 15 is 0 Å². The highest BCUT2D eigenvalue weighted by atomic mass is 16.5. The number of carbonyl (C=O) groups excluding carboxylic acids is 1. The quantitative estimate of drug-likeness (QED) is 0.723. The molecule has 4 heteroatoms. The SMILES string of the molecule is COc1ccccc2c(C(C)=O)c(=O)oc1-2. The number of carbonyl (C=O) groups is 1. The molecule has 1 aliphatic heterocycles. The van der Waals surface area contributed by atoms with Crippen molar-refractivity contribution in [1.29, 1.82) is 0 Å². The van der Waals surface area contributed by atoms with Crippen LogP contribution in [0.3, 0.4) is 0 Å². The van der Waals surface area contributed by atoms with Crippen LogP contribution in [0, 0.1) is 0 Å². The molecule has 0 aromatic rings. The van der Waals surface area contributed by atoms with Gasteiger partial charge in [-0.3, -0.25) is 4.79 Å². The van der Waals surface area contributed by atoms with Crippen molar-refractivity contribution in [2.45, 2.75) is 6.92 Å². The molecule has 0 atom stereocenters. The molecule has 0 fully saturated rings. The first-order valence-corrected chi connectivity index (χ1v) is 4.76. The standard InChI is InChI=1S/C12H10O4/c1-7(13)10-8-5-3-4-6-9(15-2)11(8)16-12(10)14/h3-6H,1-2H3. The van der Waals surface area contributed by atoms with Crippen LogP contribution in [-0.4, -0.2) is 12.9 Å². The van der Waals surface area contributed by atoms with Crippen molar-refractivity contribution < 1.29 is 13.9 Å². The van der Waals surface area contributed by atoms with Gasteiger partial charge >= 0.3 is 5.63 Å². The summed E-state index contributed by atoms with van der Waals surface area (Å²) < 4.78 is 10.1. The van der Waals surface area contributed by atoms with Gasteiger partial charge in [-0.1, -0.05) is 18.2 Å². The van der Waals surface area contributed by atoms with Gasteiger partial charge in [0, 0.05) is 5.56 Å². The van der Waals surface area contributed by atoms with E-state index in [0.29, 0.717) is 17.1 Å². The van der Waals surface area contributed by atoms with Gasteiger partial charge in [0.15, 0.2) is 17.3 Å². The van der Waals surface area contributed by atoms with Crippen molar-refractivity contribution in [3.63, 3.8) is 0 Å². The lowest BCUT2D eigenvalue weighted by Gasteiger charge is -1.99. The summed E-state index contributed by atoms with van der Waals surface area (Å²) in [6, 6.07) is 6.82. The summed E-state index contributed by atoms with van der Waals surface area (Å²) in [7, 11) is 1.48. The Morgan fingerprint density at radius 2 is 2.00 bits per heavy atom. The summed E-state index contributed by atoms with van der Waals surface area (Å²) in [5, 5.41) is 0. The summed E-state index contributed by atoms with van der Waals surface area (Å²) in [5.41, 5.74) is -0.0594. The van der Waals surface area contributed by atoms with E-state index in [0.717, 1.165) is 0 Å². The highest BCUT2D eigenvalue weighted by molar-refractivity contribution is 6.00. The second-order valence-corrected chi connectivity index (χ2v) is 3.35. The maximum atomic E-state index is 11.5. The van der Waals surface area contributed by atoms with Crippen LogP contribution in [0.25, 0.3) is 11.3 Å². The fraction of sp³-hybridized carbons (Fsp3) is 0.167. The Balaban J connectivity index is 2.84. The van der Waals surface area contributed by atoms with Gasteiger partial charge in [-0.15, -0.1) is 0 Å². The molecular formula is C12H10O4. The monoisotopic (exact) mass is 218 g/mol. The number of fused-ring (bicyclic) bond motifs is 1. The molecule has 2 rings (SSSR count). The van der Waals surface area contributed by atoms with E-state index in [-0.39, 0.29) is 11.3 Å². The second-order valence-electron chi connectivity index (χ2n) is 3.35. The highest BCUT2D eigenvalue weighted by Gasteiger charge is 2.23.